The standard InChI is InChI=1S/C22H20ClN5O2/c1-2-15-3-9-19(10-4-15)30-14-28-13-18(12-24-28)25-22(29)21-11-20(26-27-21)16-5-7-17(23)8-6-16/h3-13H,2,14H2,1H3,(H,25,29)(H,26,27). The number of amides is 1. The summed E-state index contributed by atoms with van der Waals surface area (Å²) in [5.41, 5.74) is 3.69. The number of nitrogens with zero attached hydrogens (tertiary/aromatic N) is 3. The van der Waals surface area contributed by atoms with Crippen molar-refractivity contribution < 1.29 is 9.53 Å². The van der Waals surface area contributed by atoms with Gasteiger partial charge in [0, 0.05) is 10.6 Å². The van der Waals surface area contributed by atoms with E-state index in [0.29, 0.717) is 22.1 Å². The summed E-state index contributed by atoms with van der Waals surface area (Å²) in [4.78, 5) is 12.5. The fraction of sp³-hybridized carbons (Fsp3) is 0.136. The first-order valence-electron chi connectivity index (χ1n) is 9.47. The van der Waals surface area contributed by atoms with E-state index in [4.69, 9.17) is 16.3 Å². The van der Waals surface area contributed by atoms with Gasteiger partial charge in [0.2, 0.25) is 0 Å². The van der Waals surface area contributed by atoms with Crippen LogP contribution in [0.1, 0.15) is 23.0 Å². The van der Waals surface area contributed by atoms with Crippen molar-refractivity contribution in [1.29, 1.82) is 0 Å². The Bertz CT molecular complexity index is 1130. The third kappa shape index (κ3) is 4.69. The lowest BCUT2D eigenvalue weighted by Gasteiger charge is -2.06. The summed E-state index contributed by atoms with van der Waals surface area (Å²) < 4.78 is 7.32. The Kier molecular flexibility index (Phi) is 5.81. The topological polar surface area (TPSA) is 84.8 Å². The molecule has 0 saturated carbocycles. The number of nitrogens with one attached hydrogen (secondary N) is 2. The first-order valence-corrected chi connectivity index (χ1v) is 9.85. The Labute approximate surface area is 178 Å². The van der Waals surface area contributed by atoms with Gasteiger partial charge >= 0.3 is 0 Å². The quantitative estimate of drug-likeness (QED) is 0.449. The monoisotopic (exact) mass is 421 g/mol. The van der Waals surface area contributed by atoms with Crippen molar-refractivity contribution in [2.45, 2.75) is 20.1 Å². The van der Waals surface area contributed by atoms with Crippen LogP contribution in [0.3, 0.4) is 0 Å². The molecule has 2 N–H and O–H groups in total. The molecule has 7 nitrogen and oxygen atoms in total. The summed E-state index contributed by atoms with van der Waals surface area (Å²) in [5.74, 6) is 0.457. The van der Waals surface area contributed by atoms with Gasteiger partial charge in [-0.2, -0.15) is 10.2 Å². The van der Waals surface area contributed by atoms with E-state index >= 15 is 0 Å². The highest BCUT2D eigenvalue weighted by atomic mass is 35.5. The van der Waals surface area contributed by atoms with Crippen molar-refractivity contribution >= 4 is 23.2 Å². The predicted molar refractivity (Wildman–Crippen MR) is 116 cm³/mol. The van der Waals surface area contributed by atoms with Crippen LogP contribution < -0.4 is 10.1 Å². The number of halogens is 1. The highest BCUT2D eigenvalue weighted by Gasteiger charge is 2.12. The van der Waals surface area contributed by atoms with Crippen LogP contribution in [0.5, 0.6) is 5.75 Å². The van der Waals surface area contributed by atoms with E-state index in [-0.39, 0.29) is 12.6 Å². The molecular weight excluding hydrogens is 402 g/mol. The van der Waals surface area contributed by atoms with Gasteiger partial charge in [0.25, 0.3) is 5.91 Å². The minimum atomic E-state index is -0.307. The number of benzene rings is 2. The van der Waals surface area contributed by atoms with Crippen molar-refractivity contribution in [3.63, 3.8) is 0 Å². The highest BCUT2D eigenvalue weighted by Crippen LogP contribution is 2.20. The molecule has 0 spiro atoms. The Balaban J connectivity index is 1.35. The van der Waals surface area contributed by atoms with Crippen LogP contribution in [-0.2, 0) is 13.2 Å². The van der Waals surface area contributed by atoms with Gasteiger partial charge in [-0.05, 0) is 42.3 Å². The number of aromatic nitrogens is 4. The summed E-state index contributed by atoms with van der Waals surface area (Å²) >= 11 is 5.91. The number of H-pyrrole nitrogens is 1. The Hall–Kier alpha value is -3.58. The summed E-state index contributed by atoms with van der Waals surface area (Å²) in [6.07, 6.45) is 4.26. The average Bonchev–Trinajstić information content (AvgIpc) is 3.43. The first-order chi connectivity index (χ1) is 14.6. The molecule has 4 aromatic rings. The number of carbonyl (C=O) groups is 1. The average molecular weight is 422 g/mol. The zero-order chi connectivity index (χ0) is 20.9. The maximum Gasteiger partial charge on any atom is 0.273 e. The Morgan fingerprint density at radius 3 is 2.67 bits per heavy atom. The van der Waals surface area contributed by atoms with Crippen LogP contribution in [0, 0.1) is 0 Å². The van der Waals surface area contributed by atoms with Crippen LogP contribution in [0.25, 0.3) is 11.3 Å². The lowest BCUT2D eigenvalue weighted by atomic mass is 10.1. The molecule has 0 saturated heterocycles. The zero-order valence-corrected chi connectivity index (χ0v) is 17.1. The van der Waals surface area contributed by atoms with Crippen LogP contribution in [-0.4, -0.2) is 25.9 Å². The second-order valence-corrected chi connectivity index (χ2v) is 7.10. The molecule has 8 heteroatoms. The van der Waals surface area contributed by atoms with Crippen LogP contribution >= 0.6 is 11.6 Å². The van der Waals surface area contributed by atoms with E-state index in [9.17, 15) is 4.79 Å². The third-order valence-corrected chi connectivity index (χ3v) is 4.80. The van der Waals surface area contributed by atoms with Crippen molar-refractivity contribution in [1.82, 2.24) is 20.0 Å². The van der Waals surface area contributed by atoms with Gasteiger partial charge in [0.15, 0.2) is 6.73 Å². The van der Waals surface area contributed by atoms with E-state index in [2.05, 4.69) is 27.5 Å². The van der Waals surface area contributed by atoms with Gasteiger partial charge in [-0.1, -0.05) is 42.8 Å². The Morgan fingerprint density at radius 1 is 1.17 bits per heavy atom. The van der Waals surface area contributed by atoms with Crippen molar-refractivity contribution in [3.8, 4) is 17.0 Å². The van der Waals surface area contributed by atoms with Gasteiger partial charge in [-0.15, -0.1) is 0 Å². The summed E-state index contributed by atoms with van der Waals surface area (Å²) in [6.45, 7) is 2.35. The molecule has 0 aliphatic carbocycles. The number of aromatic amines is 1. The molecule has 2 heterocycles. The van der Waals surface area contributed by atoms with E-state index in [1.54, 1.807) is 35.3 Å². The summed E-state index contributed by atoms with van der Waals surface area (Å²) in [6, 6.07) is 16.9. The van der Waals surface area contributed by atoms with Gasteiger partial charge < -0.3 is 10.1 Å². The number of ether oxygens (including phenoxy) is 1. The molecule has 0 unspecified atom stereocenters. The molecule has 0 bridgehead atoms. The molecule has 0 aliphatic heterocycles. The van der Waals surface area contributed by atoms with Crippen LogP contribution in [0.4, 0.5) is 5.69 Å². The number of hydrogen-bond donors (Lipinski definition) is 2. The number of anilines is 1. The largest absolute Gasteiger partial charge is 0.471 e. The van der Waals surface area contributed by atoms with Crippen molar-refractivity contribution in [2.24, 2.45) is 0 Å². The summed E-state index contributed by atoms with van der Waals surface area (Å²) in [5, 5.41) is 14.6. The summed E-state index contributed by atoms with van der Waals surface area (Å²) in [7, 11) is 0. The fourth-order valence-corrected chi connectivity index (χ4v) is 2.99. The van der Waals surface area contributed by atoms with Crippen LogP contribution in [0.2, 0.25) is 5.02 Å². The highest BCUT2D eigenvalue weighted by molar-refractivity contribution is 6.30. The lowest BCUT2D eigenvalue weighted by molar-refractivity contribution is 0.102. The molecule has 30 heavy (non-hydrogen) atoms. The Morgan fingerprint density at radius 2 is 1.93 bits per heavy atom. The molecule has 0 radical (unpaired) electrons. The molecule has 0 aliphatic rings. The van der Waals surface area contributed by atoms with Crippen molar-refractivity contribution in [2.75, 3.05) is 5.32 Å². The molecular formula is C22H20ClN5O2. The van der Waals surface area contributed by atoms with E-state index in [1.807, 2.05) is 36.4 Å². The fourth-order valence-electron chi connectivity index (χ4n) is 2.87. The minimum Gasteiger partial charge on any atom is -0.471 e. The number of rotatable bonds is 7. The molecule has 0 atom stereocenters. The van der Waals surface area contributed by atoms with E-state index < -0.39 is 0 Å². The zero-order valence-electron chi connectivity index (χ0n) is 16.3. The van der Waals surface area contributed by atoms with E-state index in [0.717, 1.165) is 17.7 Å². The molecule has 4 rings (SSSR count). The molecule has 0 fully saturated rings. The smallest absolute Gasteiger partial charge is 0.273 e. The van der Waals surface area contributed by atoms with Gasteiger partial charge in [0.1, 0.15) is 11.4 Å². The SMILES string of the molecule is CCc1ccc(OCn2cc(NC(=O)c3cc(-c4ccc(Cl)cc4)n[nH]3)cn2)cc1. The number of aryl methyl sites for hydroxylation is 1. The van der Waals surface area contributed by atoms with Gasteiger partial charge in [-0.3, -0.25) is 9.89 Å². The maximum absolute atomic E-state index is 12.5. The minimum absolute atomic E-state index is 0.242. The number of carbonyl (C=O) groups excluding carboxylic acids is 1. The molecule has 152 valence electrons. The van der Waals surface area contributed by atoms with E-state index in [1.165, 1.54) is 5.56 Å². The normalized spacial score (nSPS) is 10.7. The van der Waals surface area contributed by atoms with Gasteiger partial charge in [0.05, 0.1) is 23.8 Å². The third-order valence-electron chi connectivity index (χ3n) is 4.55. The van der Waals surface area contributed by atoms with Gasteiger partial charge in [-0.25, -0.2) is 4.68 Å². The van der Waals surface area contributed by atoms with Crippen molar-refractivity contribution in [3.05, 3.63) is 83.3 Å². The molecule has 2 aromatic heterocycles. The maximum atomic E-state index is 12.5. The van der Waals surface area contributed by atoms with Crippen LogP contribution in [0.15, 0.2) is 67.0 Å². The number of hydrogen-bond acceptors (Lipinski definition) is 4. The molecule has 1 amide bonds. The molecule has 2 aromatic carbocycles. The second-order valence-electron chi connectivity index (χ2n) is 6.67. The lowest BCUT2D eigenvalue weighted by Crippen LogP contribution is -2.12. The second kappa shape index (κ2) is 8.84. The first kappa shape index (κ1) is 19.7. The predicted octanol–water partition coefficient (Wildman–Crippen LogP) is 4.78.